The minimum absolute atomic E-state index is 0.202. The van der Waals surface area contributed by atoms with Crippen molar-refractivity contribution in [2.45, 2.75) is 18.9 Å². The van der Waals surface area contributed by atoms with E-state index in [-0.39, 0.29) is 13.0 Å². The number of Topliss-reactive ketones (excluding diaryl/α,β-unsaturated/α-hetero) is 1. The van der Waals surface area contributed by atoms with Crippen LogP contribution >= 0.6 is 0 Å². The smallest absolute Gasteiger partial charge is 0.289 e. The van der Waals surface area contributed by atoms with Crippen LogP contribution in [-0.2, 0) is 14.4 Å². The van der Waals surface area contributed by atoms with E-state index in [1.807, 2.05) is 0 Å². The first kappa shape index (κ1) is 13.9. The van der Waals surface area contributed by atoms with Crippen molar-refractivity contribution < 1.29 is 14.4 Å². The molecule has 5 heteroatoms. The van der Waals surface area contributed by atoms with E-state index < -0.39 is 17.7 Å². The molecule has 16 heavy (non-hydrogen) atoms. The molecule has 0 aromatic carbocycles. The van der Waals surface area contributed by atoms with Gasteiger partial charge < -0.3 is 10.6 Å². The van der Waals surface area contributed by atoms with E-state index in [4.69, 9.17) is 6.42 Å². The summed E-state index contributed by atoms with van der Waals surface area (Å²) in [6, 6.07) is -0.863. The van der Waals surface area contributed by atoms with Crippen molar-refractivity contribution in [2.75, 3.05) is 6.54 Å². The molecule has 86 valence electrons. The molecule has 0 heterocycles. The molecular formula is C11H14N2O3. The van der Waals surface area contributed by atoms with E-state index in [2.05, 4.69) is 23.1 Å². The maximum Gasteiger partial charge on any atom is 0.289 e. The summed E-state index contributed by atoms with van der Waals surface area (Å²) in [7, 11) is 0. The Morgan fingerprint density at radius 2 is 2.19 bits per heavy atom. The Hall–Kier alpha value is -2.09. The molecule has 0 spiro atoms. The van der Waals surface area contributed by atoms with Crippen LogP contribution in [0.5, 0.6) is 0 Å². The maximum absolute atomic E-state index is 11.5. The predicted octanol–water partition coefficient (Wildman–Crippen LogP) is -0.614. The standard InChI is InChI=1S/C11H14N2O3/c1-3-5-6-9(13-8-14)10(15)11(16)12-7-4-2/h1,4,8-9H,2,5-7H2,(H,12,16)(H,13,14). The molecule has 0 aliphatic rings. The number of hydrogen-bond donors (Lipinski definition) is 2. The Morgan fingerprint density at radius 3 is 2.69 bits per heavy atom. The van der Waals surface area contributed by atoms with Crippen LogP contribution in [0.3, 0.4) is 0 Å². The number of hydrogen-bond acceptors (Lipinski definition) is 3. The quantitative estimate of drug-likeness (QED) is 0.249. The lowest BCUT2D eigenvalue weighted by atomic mass is 10.1. The summed E-state index contributed by atoms with van der Waals surface area (Å²) in [5.41, 5.74) is 0. The number of nitrogens with one attached hydrogen (secondary N) is 2. The molecule has 0 rings (SSSR count). The molecule has 1 atom stereocenters. The van der Waals surface area contributed by atoms with Crippen LogP contribution in [0.1, 0.15) is 12.8 Å². The van der Waals surface area contributed by atoms with Gasteiger partial charge in [0.05, 0.1) is 6.04 Å². The van der Waals surface area contributed by atoms with E-state index in [0.29, 0.717) is 12.8 Å². The van der Waals surface area contributed by atoms with Crippen molar-refractivity contribution in [1.82, 2.24) is 10.6 Å². The molecule has 0 saturated heterocycles. The molecule has 0 saturated carbocycles. The molecule has 1 unspecified atom stereocenters. The van der Waals surface area contributed by atoms with Gasteiger partial charge >= 0.3 is 0 Å². The molecule has 0 aliphatic carbocycles. The van der Waals surface area contributed by atoms with Gasteiger partial charge in [0.15, 0.2) is 0 Å². The molecule has 5 nitrogen and oxygen atoms in total. The summed E-state index contributed by atoms with van der Waals surface area (Å²) in [5.74, 6) is 0.880. The number of carbonyl (C=O) groups is 3. The van der Waals surface area contributed by atoms with Crippen LogP contribution in [0, 0.1) is 12.3 Å². The van der Waals surface area contributed by atoms with Gasteiger partial charge in [-0.25, -0.2) is 0 Å². The lowest BCUT2D eigenvalue weighted by Crippen LogP contribution is -2.45. The lowest BCUT2D eigenvalue weighted by molar-refractivity contribution is -0.139. The van der Waals surface area contributed by atoms with Gasteiger partial charge in [0.2, 0.25) is 12.2 Å². The number of rotatable bonds is 8. The van der Waals surface area contributed by atoms with Crippen LogP contribution in [0.4, 0.5) is 0 Å². The summed E-state index contributed by atoms with van der Waals surface area (Å²) >= 11 is 0. The summed E-state index contributed by atoms with van der Waals surface area (Å²) in [5, 5.41) is 4.60. The highest BCUT2D eigenvalue weighted by molar-refractivity contribution is 6.38. The topological polar surface area (TPSA) is 75.3 Å². The fourth-order valence-corrected chi connectivity index (χ4v) is 1.01. The Bertz CT molecular complexity index is 318. The second-order valence-corrected chi connectivity index (χ2v) is 2.94. The Balaban J connectivity index is 4.35. The zero-order chi connectivity index (χ0) is 12.4. The molecule has 2 amide bonds. The van der Waals surface area contributed by atoms with Crippen LogP contribution < -0.4 is 10.6 Å². The van der Waals surface area contributed by atoms with Gasteiger partial charge in [-0.05, 0) is 6.42 Å². The van der Waals surface area contributed by atoms with Gasteiger partial charge in [0.1, 0.15) is 0 Å². The Kier molecular flexibility index (Phi) is 7.16. The molecule has 0 aromatic rings. The molecule has 0 bridgehead atoms. The monoisotopic (exact) mass is 222 g/mol. The van der Waals surface area contributed by atoms with Gasteiger partial charge in [-0.1, -0.05) is 6.08 Å². The third kappa shape index (κ3) is 4.96. The highest BCUT2D eigenvalue weighted by atomic mass is 16.2. The van der Waals surface area contributed by atoms with E-state index in [0.717, 1.165) is 0 Å². The minimum Gasteiger partial charge on any atom is -0.348 e. The largest absolute Gasteiger partial charge is 0.348 e. The fraction of sp³-hybridized carbons (Fsp3) is 0.364. The van der Waals surface area contributed by atoms with Gasteiger partial charge in [0.25, 0.3) is 5.91 Å². The van der Waals surface area contributed by atoms with Crippen molar-refractivity contribution in [1.29, 1.82) is 0 Å². The second kappa shape index (κ2) is 8.24. The summed E-state index contributed by atoms with van der Waals surface area (Å²) in [6.07, 6.45) is 7.42. The average molecular weight is 222 g/mol. The van der Waals surface area contributed by atoms with Gasteiger partial charge in [-0.2, -0.15) is 0 Å². The zero-order valence-electron chi connectivity index (χ0n) is 8.86. The first-order valence-corrected chi connectivity index (χ1v) is 4.73. The number of carbonyl (C=O) groups excluding carboxylic acids is 3. The van der Waals surface area contributed by atoms with Gasteiger partial charge in [-0.3, -0.25) is 14.4 Å². The van der Waals surface area contributed by atoms with Crippen molar-refractivity contribution in [3.8, 4) is 12.3 Å². The lowest BCUT2D eigenvalue weighted by Gasteiger charge is -2.12. The zero-order valence-corrected chi connectivity index (χ0v) is 8.86. The SMILES string of the molecule is C#CCCC(NC=O)C(=O)C(=O)NCC=C. The normalized spacial score (nSPS) is 10.7. The molecule has 0 fully saturated rings. The summed E-state index contributed by atoms with van der Waals surface area (Å²) in [4.78, 5) is 33.0. The van der Waals surface area contributed by atoms with Crippen molar-refractivity contribution in [3.63, 3.8) is 0 Å². The highest BCUT2D eigenvalue weighted by Gasteiger charge is 2.23. The number of ketones is 1. The maximum atomic E-state index is 11.5. The third-order valence-electron chi connectivity index (χ3n) is 1.79. The minimum atomic E-state index is -0.863. The van der Waals surface area contributed by atoms with Crippen LogP contribution in [-0.4, -0.2) is 30.7 Å². The third-order valence-corrected chi connectivity index (χ3v) is 1.79. The molecule has 2 N–H and O–H groups in total. The van der Waals surface area contributed by atoms with Crippen molar-refractivity contribution in [2.24, 2.45) is 0 Å². The molecule has 0 radical (unpaired) electrons. The van der Waals surface area contributed by atoms with E-state index in [1.165, 1.54) is 6.08 Å². The van der Waals surface area contributed by atoms with Gasteiger partial charge in [0, 0.05) is 13.0 Å². The predicted molar refractivity (Wildman–Crippen MR) is 59.3 cm³/mol. The molecule has 0 aromatic heterocycles. The van der Waals surface area contributed by atoms with Crippen LogP contribution in [0.15, 0.2) is 12.7 Å². The van der Waals surface area contributed by atoms with Crippen molar-refractivity contribution in [3.05, 3.63) is 12.7 Å². The first-order chi connectivity index (χ1) is 7.67. The van der Waals surface area contributed by atoms with Gasteiger partial charge in [-0.15, -0.1) is 18.9 Å². The average Bonchev–Trinajstić information content (AvgIpc) is 2.30. The van der Waals surface area contributed by atoms with Crippen LogP contribution in [0.25, 0.3) is 0 Å². The van der Waals surface area contributed by atoms with E-state index >= 15 is 0 Å². The van der Waals surface area contributed by atoms with E-state index in [9.17, 15) is 14.4 Å². The number of terminal acetylenes is 1. The summed E-state index contributed by atoms with van der Waals surface area (Å²) in [6.45, 7) is 3.60. The summed E-state index contributed by atoms with van der Waals surface area (Å²) < 4.78 is 0. The molecular weight excluding hydrogens is 208 g/mol. The second-order valence-electron chi connectivity index (χ2n) is 2.94. The first-order valence-electron chi connectivity index (χ1n) is 4.73. The number of amides is 2. The van der Waals surface area contributed by atoms with Crippen LogP contribution in [0.2, 0.25) is 0 Å². The van der Waals surface area contributed by atoms with E-state index in [1.54, 1.807) is 0 Å². The Morgan fingerprint density at radius 1 is 1.50 bits per heavy atom. The highest BCUT2D eigenvalue weighted by Crippen LogP contribution is 1.97. The van der Waals surface area contributed by atoms with Crippen molar-refractivity contribution >= 4 is 18.1 Å². The Labute approximate surface area is 94.3 Å². The fourth-order valence-electron chi connectivity index (χ4n) is 1.01. The molecule has 0 aliphatic heterocycles.